The minimum atomic E-state index is -0.214. The summed E-state index contributed by atoms with van der Waals surface area (Å²) in [6, 6.07) is 10.4. The summed E-state index contributed by atoms with van der Waals surface area (Å²) < 4.78 is 0.813. The minimum absolute atomic E-state index is 0.214. The number of thioether (sulfide) groups is 1. The molecule has 0 saturated carbocycles. The van der Waals surface area contributed by atoms with E-state index in [0.29, 0.717) is 0 Å². The first kappa shape index (κ1) is 13.6. The number of aliphatic hydroxyl groups excluding tert-OH is 1. The average Bonchev–Trinajstić information content (AvgIpc) is 2.16. The Bertz CT molecular complexity index is 295. The van der Waals surface area contributed by atoms with Crippen molar-refractivity contribution in [3.05, 3.63) is 35.9 Å². The SMILES string of the molecule is C[N+](C)(C)CC(O)CSCc1ccccc1. The summed E-state index contributed by atoms with van der Waals surface area (Å²) in [5.74, 6) is 1.79. The largest absolute Gasteiger partial charge is 0.386 e. The van der Waals surface area contributed by atoms with Crippen LogP contribution in [0.1, 0.15) is 5.56 Å². The number of aliphatic hydroxyl groups is 1. The van der Waals surface area contributed by atoms with Gasteiger partial charge >= 0.3 is 0 Å². The van der Waals surface area contributed by atoms with Gasteiger partial charge in [-0.1, -0.05) is 30.3 Å². The van der Waals surface area contributed by atoms with E-state index in [1.165, 1.54) is 5.56 Å². The van der Waals surface area contributed by atoms with E-state index in [1.807, 2.05) is 6.07 Å². The van der Waals surface area contributed by atoms with Gasteiger partial charge in [-0.15, -0.1) is 0 Å². The zero-order valence-corrected chi connectivity index (χ0v) is 11.2. The van der Waals surface area contributed by atoms with E-state index in [1.54, 1.807) is 11.8 Å². The zero-order valence-electron chi connectivity index (χ0n) is 10.4. The first-order valence-electron chi connectivity index (χ1n) is 5.57. The molecule has 2 nitrogen and oxygen atoms in total. The molecule has 1 aromatic carbocycles. The Morgan fingerprint density at radius 1 is 1.19 bits per heavy atom. The molecule has 90 valence electrons. The van der Waals surface area contributed by atoms with Crippen LogP contribution >= 0.6 is 11.8 Å². The minimum Gasteiger partial charge on any atom is -0.386 e. The van der Waals surface area contributed by atoms with Crippen molar-refractivity contribution >= 4 is 11.8 Å². The third-order valence-electron chi connectivity index (χ3n) is 2.18. The van der Waals surface area contributed by atoms with Crippen LogP contribution in [0.15, 0.2) is 30.3 Å². The third kappa shape index (κ3) is 6.16. The van der Waals surface area contributed by atoms with Gasteiger partial charge in [-0.2, -0.15) is 11.8 Å². The van der Waals surface area contributed by atoms with Crippen LogP contribution < -0.4 is 0 Å². The summed E-state index contributed by atoms with van der Waals surface area (Å²) >= 11 is 1.80. The second-order valence-corrected chi connectivity index (χ2v) is 6.16. The number of hydrogen-bond donors (Lipinski definition) is 1. The molecule has 0 aliphatic heterocycles. The van der Waals surface area contributed by atoms with Gasteiger partial charge in [-0.05, 0) is 5.56 Å². The molecule has 0 bridgehead atoms. The smallest absolute Gasteiger partial charge is 0.112 e. The molecule has 3 heteroatoms. The second-order valence-electron chi connectivity index (χ2n) is 5.13. The molecular formula is C13H22NOS+. The van der Waals surface area contributed by atoms with Crippen LogP contribution in [0.4, 0.5) is 0 Å². The van der Waals surface area contributed by atoms with Crippen molar-refractivity contribution < 1.29 is 9.59 Å². The Morgan fingerprint density at radius 3 is 2.38 bits per heavy atom. The highest BCUT2D eigenvalue weighted by atomic mass is 32.2. The van der Waals surface area contributed by atoms with Gasteiger partial charge < -0.3 is 9.59 Å². The van der Waals surface area contributed by atoms with Gasteiger partial charge in [0.05, 0.1) is 21.1 Å². The Labute approximate surface area is 103 Å². The molecule has 1 unspecified atom stereocenters. The summed E-state index contributed by atoms with van der Waals surface area (Å²) in [6.07, 6.45) is -0.214. The second kappa shape index (κ2) is 6.28. The van der Waals surface area contributed by atoms with Gasteiger partial charge in [-0.25, -0.2) is 0 Å². The molecule has 1 aromatic rings. The van der Waals surface area contributed by atoms with Gasteiger partial charge in [0.1, 0.15) is 12.6 Å². The van der Waals surface area contributed by atoms with Crippen LogP contribution in [0.3, 0.4) is 0 Å². The van der Waals surface area contributed by atoms with Crippen LogP contribution in [0.2, 0.25) is 0 Å². The molecular weight excluding hydrogens is 218 g/mol. The normalized spacial score (nSPS) is 13.8. The lowest BCUT2D eigenvalue weighted by Gasteiger charge is -2.26. The maximum Gasteiger partial charge on any atom is 0.112 e. The predicted octanol–water partition coefficient (Wildman–Crippen LogP) is 1.99. The van der Waals surface area contributed by atoms with Gasteiger partial charge in [0, 0.05) is 11.5 Å². The lowest BCUT2D eigenvalue weighted by Crippen LogP contribution is -2.42. The maximum absolute atomic E-state index is 9.83. The topological polar surface area (TPSA) is 20.2 Å². The average molecular weight is 240 g/mol. The monoisotopic (exact) mass is 240 g/mol. The molecule has 0 aliphatic carbocycles. The zero-order chi connectivity index (χ0) is 12.0. The Morgan fingerprint density at radius 2 is 1.81 bits per heavy atom. The molecule has 0 spiro atoms. The Hall–Kier alpha value is -0.510. The molecule has 0 aromatic heterocycles. The highest BCUT2D eigenvalue weighted by molar-refractivity contribution is 7.98. The van der Waals surface area contributed by atoms with Gasteiger partial charge in [0.25, 0.3) is 0 Å². The first-order chi connectivity index (χ1) is 7.47. The number of nitrogens with zero attached hydrogens (tertiary/aromatic N) is 1. The van der Waals surface area contributed by atoms with Crippen LogP contribution in [0.25, 0.3) is 0 Å². The molecule has 0 amide bonds. The summed E-state index contributed by atoms with van der Waals surface area (Å²) in [5.41, 5.74) is 1.32. The van der Waals surface area contributed by atoms with Crippen molar-refractivity contribution in [2.24, 2.45) is 0 Å². The van der Waals surface area contributed by atoms with Gasteiger partial charge in [0.15, 0.2) is 0 Å². The van der Waals surface area contributed by atoms with Crippen molar-refractivity contribution in [1.29, 1.82) is 0 Å². The number of benzene rings is 1. The fraction of sp³-hybridized carbons (Fsp3) is 0.538. The highest BCUT2D eigenvalue weighted by Gasteiger charge is 2.14. The fourth-order valence-electron chi connectivity index (χ4n) is 1.57. The van der Waals surface area contributed by atoms with E-state index in [4.69, 9.17) is 0 Å². The van der Waals surface area contributed by atoms with Crippen LogP contribution in [-0.2, 0) is 5.75 Å². The number of quaternary nitrogens is 1. The van der Waals surface area contributed by atoms with Crippen molar-refractivity contribution in [1.82, 2.24) is 0 Å². The van der Waals surface area contributed by atoms with Crippen LogP contribution in [0, 0.1) is 0 Å². The van der Waals surface area contributed by atoms with E-state index >= 15 is 0 Å². The predicted molar refractivity (Wildman–Crippen MR) is 71.5 cm³/mol. The van der Waals surface area contributed by atoms with E-state index < -0.39 is 0 Å². The standard InChI is InChI=1S/C13H22NOS/c1-14(2,3)9-13(15)11-16-10-12-7-5-4-6-8-12/h4-8,13,15H,9-11H2,1-3H3/q+1. The molecule has 1 N–H and O–H groups in total. The maximum atomic E-state index is 9.83. The number of hydrogen-bond acceptors (Lipinski definition) is 2. The summed E-state index contributed by atoms with van der Waals surface area (Å²) in [6.45, 7) is 0.807. The van der Waals surface area contributed by atoms with Crippen LogP contribution in [-0.4, -0.2) is 49.1 Å². The van der Waals surface area contributed by atoms with Crippen LogP contribution in [0.5, 0.6) is 0 Å². The molecule has 0 radical (unpaired) electrons. The summed E-state index contributed by atoms with van der Waals surface area (Å²) in [4.78, 5) is 0. The lowest BCUT2D eigenvalue weighted by atomic mass is 10.2. The lowest BCUT2D eigenvalue weighted by molar-refractivity contribution is -0.873. The van der Waals surface area contributed by atoms with Crippen molar-refractivity contribution in [3.63, 3.8) is 0 Å². The van der Waals surface area contributed by atoms with Gasteiger partial charge in [-0.3, -0.25) is 0 Å². The molecule has 16 heavy (non-hydrogen) atoms. The van der Waals surface area contributed by atoms with E-state index in [2.05, 4.69) is 45.4 Å². The first-order valence-corrected chi connectivity index (χ1v) is 6.73. The number of likely N-dealkylation sites (N-methyl/N-ethyl adjacent to an activating group) is 1. The van der Waals surface area contributed by atoms with Crippen molar-refractivity contribution in [2.45, 2.75) is 11.9 Å². The Kier molecular flexibility index (Phi) is 5.32. The van der Waals surface area contributed by atoms with E-state index in [-0.39, 0.29) is 6.10 Å². The van der Waals surface area contributed by atoms with Crippen molar-refractivity contribution in [3.8, 4) is 0 Å². The van der Waals surface area contributed by atoms with E-state index in [9.17, 15) is 5.11 Å². The quantitative estimate of drug-likeness (QED) is 0.767. The molecule has 0 fully saturated rings. The van der Waals surface area contributed by atoms with Crippen molar-refractivity contribution in [2.75, 3.05) is 33.4 Å². The Balaban J connectivity index is 2.21. The molecule has 0 aliphatic rings. The molecule has 1 atom stereocenters. The van der Waals surface area contributed by atoms with E-state index in [0.717, 1.165) is 22.5 Å². The molecule has 0 saturated heterocycles. The molecule has 0 heterocycles. The summed E-state index contributed by atoms with van der Waals surface area (Å²) in [7, 11) is 6.31. The number of rotatable bonds is 6. The highest BCUT2D eigenvalue weighted by Crippen LogP contribution is 2.13. The van der Waals surface area contributed by atoms with Gasteiger partial charge in [0.2, 0.25) is 0 Å². The summed E-state index contributed by atoms with van der Waals surface area (Å²) in [5, 5.41) is 9.83. The fourth-order valence-corrected chi connectivity index (χ4v) is 2.50. The molecule has 1 rings (SSSR count). The third-order valence-corrected chi connectivity index (χ3v) is 3.34.